The number of amidine groups is 1. The molecule has 0 spiro atoms. The number of hydrogen-bond acceptors (Lipinski definition) is 7. The average molecular weight is 477 g/mol. The lowest BCUT2D eigenvalue weighted by Crippen LogP contribution is -2.29. The average Bonchev–Trinajstić information content (AvgIpc) is 3.36. The number of pyridine rings is 1. The smallest absolute Gasteiger partial charge is 0.269 e. The summed E-state index contributed by atoms with van der Waals surface area (Å²) in [5.74, 6) is 0.794. The van der Waals surface area contributed by atoms with E-state index in [1.54, 1.807) is 36.2 Å². The van der Waals surface area contributed by atoms with E-state index in [0.29, 0.717) is 11.7 Å². The van der Waals surface area contributed by atoms with E-state index in [9.17, 15) is 4.79 Å². The van der Waals surface area contributed by atoms with Crippen LogP contribution in [-0.4, -0.2) is 41.7 Å². The van der Waals surface area contributed by atoms with E-state index in [2.05, 4.69) is 22.0 Å². The lowest BCUT2D eigenvalue weighted by Gasteiger charge is -2.15. The first-order valence-electron chi connectivity index (χ1n) is 10.4. The van der Waals surface area contributed by atoms with Crippen molar-refractivity contribution < 1.29 is 9.53 Å². The Bertz CT molecular complexity index is 1150. The van der Waals surface area contributed by atoms with Crippen molar-refractivity contribution in [2.45, 2.75) is 11.8 Å². The molecule has 1 amide bonds. The van der Waals surface area contributed by atoms with Crippen molar-refractivity contribution in [3.05, 3.63) is 89.1 Å². The first-order chi connectivity index (χ1) is 16.1. The maximum atomic E-state index is 13.0. The van der Waals surface area contributed by atoms with Crippen LogP contribution in [0.5, 0.6) is 5.75 Å². The Labute approximate surface area is 202 Å². The number of anilines is 1. The second-order valence-corrected chi connectivity index (χ2v) is 9.04. The molecule has 0 aliphatic carbocycles. The Balaban J connectivity index is 0.000000376. The summed E-state index contributed by atoms with van der Waals surface area (Å²) in [5, 5.41) is 1.67. The van der Waals surface area contributed by atoms with Gasteiger partial charge in [-0.2, -0.15) is 0 Å². The Morgan fingerprint density at radius 2 is 1.70 bits per heavy atom. The van der Waals surface area contributed by atoms with Gasteiger partial charge in [-0.1, -0.05) is 30.0 Å². The van der Waals surface area contributed by atoms with E-state index >= 15 is 0 Å². The van der Waals surface area contributed by atoms with Crippen molar-refractivity contribution in [3.63, 3.8) is 0 Å². The van der Waals surface area contributed by atoms with Gasteiger partial charge in [-0.3, -0.25) is 14.7 Å². The fourth-order valence-electron chi connectivity index (χ4n) is 3.28. The molecule has 2 aromatic carbocycles. The van der Waals surface area contributed by atoms with Gasteiger partial charge in [0.2, 0.25) is 0 Å². The number of hydrogen-bond donors (Lipinski definition) is 0. The zero-order valence-electron chi connectivity index (χ0n) is 18.6. The molecule has 1 aromatic heterocycles. The van der Waals surface area contributed by atoms with E-state index in [-0.39, 0.29) is 5.91 Å². The third kappa shape index (κ3) is 5.07. The fraction of sp³-hybridized carbons (Fsp3) is 0.160. The Kier molecular flexibility index (Phi) is 7.36. The van der Waals surface area contributed by atoms with Crippen molar-refractivity contribution in [2.24, 2.45) is 4.99 Å². The van der Waals surface area contributed by atoms with Gasteiger partial charge in [0.1, 0.15) is 10.7 Å². The molecule has 1 saturated heterocycles. The van der Waals surface area contributed by atoms with Gasteiger partial charge < -0.3 is 9.64 Å². The Morgan fingerprint density at radius 3 is 2.27 bits per heavy atom. The predicted octanol–water partition coefficient (Wildman–Crippen LogP) is 5.77. The van der Waals surface area contributed by atoms with Gasteiger partial charge in [0.25, 0.3) is 5.91 Å². The van der Waals surface area contributed by atoms with E-state index in [1.807, 2.05) is 68.6 Å². The van der Waals surface area contributed by atoms with Gasteiger partial charge >= 0.3 is 0 Å². The highest BCUT2D eigenvalue weighted by atomic mass is 32.2. The van der Waals surface area contributed by atoms with Crippen LogP contribution in [0.2, 0.25) is 0 Å². The quantitative estimate of drug-likeness (QED) is 0.447. The maximum Gasteiger partial charge on any atom is 0.269 e. The number of amides is 1. The molecule has 33 heavy (non-hydrogen) atoms. The number of aliphatic imine (C=N–C) groups is 1. The molecule has 2 aliphatic rings. The van der Waals surface area contributed by atoms with Gasteiger partial charge in [0.15, 0.2) is 5.17 Å². The van der Waals surface area contributed by atoms with Gasteiger partial charge in [-0.15, -0.1) is 0 Å². The minimum atomic E-state index is 0.0110. The predicted molar refractivity (Wildman–Crippen MR) is 137 cm³/mol. The normalized spacial score (nSPS) is 18.3. The lowest BCUT2D eigenvalue weighted by molar-refractivity contribution is -0.122. The summed E-state index contributed by atoms with van der Waals surface area (Å²) in [5.41, 5.74) is 1.92. The molecule has 168 valence electrons. The number of likely N-dealkylation sites (N-methyl/N-ethyl adjacent to an activating group) is 1. The van der Waals surface area contributed by atoms with Crippen LogP contribution in [-0.2, 0) is 4.79 Å². The topological polar surface area (TPSA) is 58.0 Å². The molecule has 0 saturated carbocycles. The maximum absolute atomic E-state index is 13.0. The number of para-hydroxylation sites is 1. The Morgan fingerprint density at radius 1 is 0.970 bits per heavy atom. The van der Waals surface area contributed by atoms with Crippen LogP contribution >= 0.6 is 23.5 Å². The van der Waals surface area contributed by atoms with E-state index < -0.39 is 0 Å². The van der Waals surface area contributed by atoms with Crippen LogP contribution in [0.3, 0.4) is 0 Å². The molecule has 3 aromatic rings. The summed E-state index contributed by atoms with van der Waals surface area (Å²) in [6.07, 6.45) is 3.50. The van der Waals surface area contributed by atoms with Gasteiger partial charge in [-0.25, -0.2) is 4.99 Å². The first-order valence-corrected chi connectivity index (χ1v) is 12.1. The number of aromatic nitrogens is 1. The SMILES string of the molecule is CCN1C(=O)/C(=C2/Sc3ccccc3N2C)SC1=Nc1ccc(OC)cc1.c1ccncc1. The largest absolute Gasteiger partial charge is 0.497 e. The van der Waals surface area contributed by atoms with Crippen molar-refractivity contribution in [2.75, 3.05) is 25.6 Å². The summed E-state index contributed by atoms with van der Waals surface area (Å²) in [4.78, 5) is 27.2. The minimum absolute atomic E-state index is 0.0110. The van der Waals surface area contributed by atoms with Gasteiger partial charge in [-0.05, 0) is 67.2 Å². The number of ether oxygens (including phenoxy) is 1. The minimum Gasteiger partial charge on any atom is -0.497 e. The van der Waals surface area contributed by atoms with E-state index in [0.717, 1.165) is 27.1 Å². The summed E-state index contributed by atoms with van der Waals surface area (Å²) in [6.45, 7) is 2.55. The second kappa shape index (κ2) is 10.6. The first kappa shape index (κ1) is 22.9. The van der Waals surface area contributed by atoms with Crippen molar-refractivity contribution in [1.29, 1.82) is 0 Å². The van der Waals surface area contributed by atoms with Crippen LogP contribution < -0.4 is 9.64 Å². The molecule has 0 N–H and O–H groups in total. The molecule has 0 atom stereocenters. The van der Waals surface area contributed by atoms with Gasteiger partial charge in [0, 0.05) is 30.9 Å². The lowest BCUT2D eigenvalue weighted by atomic mass is 10.3. The van der Waals surface area contributed by atoms with Crippen LogP contribution in [0.15, 0.2) is 98.9 Å². The molecule has 1 fully saturated rings. The molecule has 5 rings (SSSR count). The fourth-order valence-corrected chi connectivity index (χ4v) is 5.69. The highest BCUT2D eigenvalue weighted by Gasteiger charge is 2.38. The van der Waals surface area contributed by atoms with Crippen molar-refractivity contribution >= 4 is 46.0 Å². The molecule has 0 bridgehead atoms. The van der Waals surface area contributed by atoms with Gasteiger partial charge in [0.05, 0.1) is 23.5 Å². The molecule has 6 nitrogen and oxygen atoms in total. The molecule has 2 aliphatic heterocycles. The van der Waals surface area contributed by atoms with E-state index in [1.165, 1.54) is 16.7 Å². The van der Waals surface area contributed by atoms with Crippen molar-refractivity contribution in [1.82, 2.24) is 9.88 Å². The molecule has 3 heterocycles. The molecular formula is C25H24N4O2S2. The van der Waals surface area contributed by atoms with E-state index in [4.69, 9.17) is 9.73 Å². The number of fused-ring (bicyclic) bond motifs is 1. The number of carbonyl (C=O) groups is 1. The number of benzene rings is 2. The number of thioether (sulfide) groups is 2. The number of nitrogens with zero attached hydrogens (tertiary/aromatic N) is 4. The van der Waals surface area contributed by atoms with Crippen molar-refractivity contribution in [3.8, 4) is 5.75 Å². The number of carbonyl (C=O) groups excluding carboxylic acids is 1. The summed E-state index contributed by atoms with van der Waals surface area (Å²) in [7, 11) is 3.64. The second-order valence-electron chi connectivity index (χ2n) is 7.03. The summed E-state index contributed by atoms with van der Waals surface area (Å²) >= 11 is 3.08. The van der Waals surface area contributed by atoms with Crippen LogP contribution in [0, 0.1) is 0 Å². The zero-order chi connectivity index (χ0) is 23.2. The number of rotatable bonds is 3. The molecule has 0 radical (unpaired) electrons. The number of methoxy groups -OCH3 is 1. The Hall–Kier alpha value is -3.23. The van der Waals surface area contributed by atoms with Crippen LogP contribution in [0.4, 0.5) is 11.4 Å². The highest BCUT2D eigenvalue weighted by Crippen LogP contribution is 2.49. The standard InChI is InChI=1S/C20H19N3O2S2.C5H5N/c1-4-23-18(24)17(19-22(2)15-7-5-6-8-16(15)26-19)27-20(23)21-13-9-11-14(25-3)12-10-13;1-2-4-6-5-3-1/h5-12H,4H2,1-3H3;1-5H/b19-17-,21-20?;. The highest BCUT2D eigenvalue weighted by molar-refractivity contribution is 8.19. The van der Waals surface area contributed by atoms with Crippen LogP contribution in [0.1, 0.15) is 6.92 Å². The zero-order valence-corrected chi connectivity index (χ0v) is 20.3. The third-order valence-corrected chi connectivity index (χ3v) is 7.41. The van der Waals surface area contributed by atoms with Crippen LogP contribution in [0.25, 0.3) is 0 Å². The molecular weight excluding hydrogens is 452 g/mol. The summed E-state index contributed by atoms with van der Waals surface area (Å²) in [6, 6.07) is 21.4. The monoisotopic (exact) mass is 476 g/mol. The summed E-state index contributed by atoms with van der Waals surface area (Å²) < 4.78 is 5.19. The molecule has 0 unspecified atom stereocenters. The molecule has 8 heteroatoms. The third-order valence-electron chi connectivity index (χ3n) is 4.98.